The summed E-state index contributed by atoms with van der Waals surface area (Å²) in [5.74, 6) is 0.0255. The Bertz CT molecular complexity index is 927. The molecule has 0 radical (unpaired) electrons. The van der Waals surface area contributed by atoms with Crippen molar-refractivity contribution in [1.29, 1.82) is 0 Å². The Hall–Kier alpha value is -2.82. The van der Waals surface area contributed by atoms with E-state index >= 15 is 0 Å². The summed E-state index contributed by atoms with van der Waals surface area (Å²) in [6.07, 6.45) is 2.79. The molecule has 0 bridgehead atoms. The molecule has 3 heterocycles. The minimum absolute atomic E-state index is 0.00998. The number of benzene rings is 1. The third-order valence-electron chi connectivity index (χ3n) is 4.16. The molecule has 0 unspecified atom stereocenters. The van der Waals surface area contributed by atoms with Gasteiger partial charge in [0.05, 0.1) is 24.4 Å². The van der Waals surface area contributed by atoms with Crippen molar-refractivity contribution in [1.82, 2.24) is 9.38 Å². The Labute approximate surface area is 133 Å². The number of hydrogen-bond acceptors (Lipinski definition) is 3. The SMILES string of the molecule is Cc1nc2ccccn2c1-c1cc(CC(=O)O)cc2c1OCC2. The van der Waals surface area contributed by atoms with Crippen LogP contribution in [0.15, 0.2) is 36.5 Å². The van der Waals surface area contributed by atoms with Crippen LogP contribution in [0.5, 0.6) is 5.75 Å². The first kappa shape index (κ1) is 13.8. The lowest BCUT2D eigenvalue weighted by molar-refractivity contribution is -0.136. The van der Waals surface area contributed by atoms with Crippen LogP contribution in [0.1, 0.15) is 16.8 Å². The molecule has 0 fully saturated rings. The van der Waals surface area contributed by atoms with Gasteiger partial charge >= 0.3 is 5.97 Å². The highest BCUT2D eigenvalue weighted by Crippen LogP contribution is 2.39. The second kappa shape index (κ2) is 5.12. The minimum atomic E-state index is -0.829. The van der Waals surface area contributed by atoms with Gasteiger partial charge in [-0.1, -0.05) is 12.1 Å². The molecule has 0 amide bonds. The third-order valence-corrected chi connectivity index (χ3v) is 4.16. The number of pyridine rings is 1. The molecule has 23 heavy (non-hydrogen) atoms. The summed E-state index contributed by atoms with van der Waals surface area (Å²) < 4.78 is 7.85. The summed E-state index contributed by atoms with van der Waals surface area (Å²) in [6, 6.07) is 9.73. The lowest BCUT2D eigenvalue weighted by Gasteiger charge is -2.11. The second-order valence-corrected chi connectivity index (χ2v) is 5.78. The Morgan fingerprint density at radius 1 is 1.39 bits per heavy atom. The van der Waals surface area contributed by atoms with Gasteiger partial charge in [0.1, 0.15) is 11.4 Å². The molecule has 2 aromatic heterocycles. The van der Waals surface area contributed by atoms with E-state index in [4.69, 9.17) is 9.84 Å². The summed E-state index contributed by atoms with van der Waals surface area (Å²) in [6.45, 7) is 2.60. The van der Waals surface area contributed by atoms with Crippen LogP contribution in [0.2, 0.25) is 0 Å². The molecule has 1 aliphatic rings. The average Bonchev–Trinajstić information content (AvgIpc) is 3.08. The maximum absolute atomic E-state index is 11.1. The van der Waals surface area contributed by atoms with E-state index in [0.717, 1.165) is 45.9 Å². The zero-order chi connectivity index (χ0) is 16.0. The van der Waals surface area contributed by atoms with Gasteiger partial charge in [-0.3, -0.25) is 9.20 Å². The van der Waals surface area contributed by atoms with Gasteiger partial charge in [0, 0.05) is 18.2 Å². The highest BCUT2D eigenvalue weighted by Gasteiger charge is 2.23. The molecular weight excluding hydrogens is 292 g/mol. The Balaban J connectivity index is 1.98. The molecule has 3 aromatic rings. The first-order valence-electron chi connectivity index (χ1n) is 7.58. The molecule has 116 valence electrons. The van der Waals surface area contributed by atoms with Crippen LogP contribution < -0.4 is 4.74 Å². The van der Waals surface area contributed by atoms with Gasteiger partial charge in [0.15, 0.2) is 0 Å². The van der Waals surface area contributed by atoms with Gasteiger partial charge in [-0.2, -0.15) is 0 Å². The predicted molar refractivity (Wildman–Crippen MR) is 85.9 cm³/mol. The quantitative estimate of drug-likeness (QED) is 0.808. The molecule has 0 spiro atoms. The molecule has 5 heteroatoms. The molecule has 4 rings (SSSR count). The lowest BCUT2D eigenvalue weighted by Crippen LogP contribution is -2.02. The van der Waals surface area contributed by atoms with Gasteiger partial charge in [-0.05, 0) is 36.2 Å². The lowest BCUT2D eigenvalue weighted by atomic mass is 9.99. The van der Waals surface area contributed by atoms with Crippen molar-refractivity contribution in [3.05, 3.63) is 53.3 Å². The fraction of sp³-hybridized carbons (Fsp3) is 0.222. The van der Waals surface area contributed by atoms with Crippen molar-refractivity contribution in [2.45, 2.75) is 19.8 Å². The average molecular weight is 308 g/mol. The van der Waals surface area contributed by atoms with E-state index < -0.39 is 5.97 Å². The van der Waals surface area contributed by atoms with E-state index in [1.807, 2.05) is 47.9 Å². The Morgan fingerprint density at radius 3 is 3.09 bits per heavy atom. The van der Waals surface area contributed by atoms with Crippen molar-refractivity contribution in [2.24, 2.45) is 0 Å². The minimum Gasteiger partial charge on any atom is -0.492 e. The molecule has 0 aliphatic carbocycles. The smallest absolute Gasteiger partial charge is 0.307 e. The number of carboxylic acids is 1. The topological polar surface area (TPSA) is 63.8 Å². The van der Waals surface area contributed by atoms with Gasteiger partial charge in [0.25, 0.3) is 0 Å². The Kier molecular flexibility index (Phi) is 3.08. The van der Waals surface area contributed by atoms with Crippen LogP contribution in [0.4, 0.5) is 0 Å². The number of hydrogen-bond donors (Lipinski definition) is 1. The number of aryl methyl sites for hydroxylation is 1. The number of fused-ring (bicyclic) bond motifs is 2. The predicted octanol–water partition coefficient (Wildman–Crippen LogP) is 2.87. The number of aromatic nitrogens is 2. The van der Waals surface area contributed by atoms with Crippen LogP contribution in [-0.2, 0) is 17.6 Å². The van der Waals surface area contributed by atoms with E-state index in [-0.39, 0.29) is 6.42 Å². The molecule has 1 aromatic carbocycles. The number of imidazole rings is 1. The first-order chi connectivity index (χ1) is 11.1. The van der Waals surface area contributed by atoms with Crippen molar-refractivity contribution in [3.8, 4) is 17.0 Å². The van der Waals surface area contributed by atoms with Gasteiger partial charge < -0.3 is 9.84 Å². The van der Waals surface area contributed by atoms with Crippen LogP contribution >= 0.6 is 0 Å². The Morgan fingerprint density at radius 2 is 2.26 bits per heavy atom. The standard InChI is InChI=1S/C18H16N2O3/c1-11-17(20-6-3-2-4-15(20)19-11)14-9-12(10-16(21)22)8-13-5-7-23-18(13)14/h2-4,6,8-9H,5,7,10H2,1H3,(H,21,22). The summed E-state index contributed by atoms with van der Waals surface area (Å²) in [5.41, 5.74) is 5.53. The van der Waals surface area contributed by atoms with Crippen molar-refractivity contribution >= 4 is 11.6 Å². The normalized spacial score (nSPS) is 13.1. The largest absolute Gasteiger partial charge is 0.492 e. The van der Waals surface area contributed by atoms with Crippen molar-refractivity contribution < 1.29 is 14.6 Å². The molecule has 0 saturated carbocycles. The zero-order valence-electron chi connectivity index (χ0n) is 12.7. The van der Waals surface area contributed by atoms with E-state index in [9.17, 15) is 4.79 Å². The number of carbonyl (C=O) groups is 1. The van der Waals surface area contributed by atoms with Gasteiger partial charge in [-0.25, -0.2) is 4.98 Å². The second-order valence-electron chi connectivity index (χ2n) is 5.78. The number of ether oxygens (including phenoxy) is 1. The van der Waals surface area contributed by atoms with Crippen molar-refractivity contribution in [3.63, 3.8) is 0 Å². The first-order valence-corrected chi connectivity index (χ1v) is 7.58. The van der Waals surface area contributed by atoms with Crippen LogP contribution in [-0.4, -0.2) is 27.1 Å². The van der Waals surface area contributed by atoms with E-state index in [1.165, 1.54) is 0 Å². The van der Waals surface area contributed by atoms with Crippen LogP contribution in [0.25, 0.3) is 16.9 Å². The zero-order valence-corrected chi connectivity index (χ0v) is 12.7. The summed E-state index contributed by atoms with van der Waals surface area (Å²) >= 11 is 0. The van der Waals surface area contributed by atoms with E-state index in [1.54, 1.807) is 0 Å². The maximum atomic E-state index is 11.1. The number of aliphatic carboxylic acids is 1. The van der Waals surface area contributed by atoms with Gasteiger partial charge in [-0.15, -0.1) is 0 Å². The van der Waals surface area contributed by atoms with E-state index in [2.05, 4.69) is 4.98 Å². The fourth-order valence-electron chi connectivity index (χ4n) is 3.26. The fourth-order valence-corrected chi connectivity index (χ4v) is 3.26. The molecule has 5 nitrogen and oxygen atoms in total. The van der Waals surface area contributed by atoms with Crippen LogP contribution in [0.3, 0.4) is 0 Å². The summed E-state index contributed by atoms with van der Waals surface area (Å²) in [7, 11) is 0. The molecule has 0 saturated heterocycles. The van der Waals surface area contributed by atoms with Crippen LogP contribution in [0, 0.1) is 6.92 Å². The highest BCUT2D eigenvalue weighted by molar-refractivity contribution is 5.78. The van der Waals surface area contributed by atoms with E-state index in [0.29, 0.717) is 6.61 Å². The summed E-state index contributed by atoms with van der Waals surface area (Å²) in [5, 5.41) is 9.11. The molecule has 1 N–H and O–H groups in total. The number of carboxylic acid groups (broad SMARTS) is 1. The monoisotopic (exact) mass is 308 g/mol. The molecule has 0 atom stereocenters. The van der Waals surface area contributed by atoms with Crippen molar-refractivity contribution in [2.75, 3.05) is 6.61 Å². The molecular formula is C18H16N2O3. The summed E-state index contributed by atoms with van der Waals surface area (Å²) in [4.78, 5) is 15.7. The number of rotatable bonds is 3. The maximum Gasteiger partial charge on any atom is 0.307 e. The highest BCUT2D eigenvalue weighted by atomic mass is 16.5. The third kappa shape index (κ3) is 2.25. The molecule has 1 aliphatic heterocycles. The number of nitrogens with zero attached hydrogens (tertiary/aromatic N) is 2. The van der Waals surface area contributed by atoms with Gasteiger partial charge in [0.2, 0.25) is 0 Å².